The van der Waals surface area contributed by atoms with Crippen molar-refractivity contribution in [2.24, 2.45) is 5.92 Å². The third kappa shape index (κ3) is 3.28. The van der Waals surface area contributed by atoms with E-state index in [9.17, 15) is 27.6 Å². The zero-order valence-corrected chi connectivity index (χ0v) is 16.2. The van der Waals surface area contributed by atoms with Crippen molar-refractivity contribution in [1.29, 1.82) is 0 Å². The molecule has 6 nitrogen and oxygen atoms in total. The van der Waals surface area contributed by atoms with E-state index in [0.717, 1.165) is 11.8 Å². The molecule has 2 aliphatic heterocycles. The van der Waals surface area contributed by atoms with E-state index in [2.05, 4.69) is 0 Å². The van der Waals surface area contributed by atoms with Gasteiger partial charge < -0.3 is 9.47 Å². The van der Waals surface area contributed by atoms with Crippen LogP contribution in [0.5, 0.6) is 0 Å². The van der Waals surface area contributed by atoms with Crippen LogP contribution >= 0.6 is 0 Å². The quantitative estimate of drug-likeness (QED) is 0.425. The molecule has 158 valence electrons. The van der Waals surface area contributed by atoms with Crippen molar-refractivity contribution in [3.63, 3.8) is 0 Å². The summed E-state index contributed by atoms with van der Waals surface area (Å²) in [5, 5.41) is 0. The van der Waals surface area contributed by atoms with Gasteiger partial charge in [-0.3, -0.25) is 14.5 Å². The summed E-state index contributed by atoms with van der Waals surface area (Å²) in [7, 11) is 0. The van der Waals surface area contributed by atoms with E-state index in [4.69, 9.17) is 9.47 Å². The molecule has 3 atom stereocenters. The van der Waals surface area contributed by atoms with Crippen LogP contribution in [0.1, 0.15) is 37.4 Å². The number of imide groups is 1. The highest BCUT2D eigenvalue weighted by atomic mass is 19.4. The van der Waals surface area contributed by atoms with Crippen LogP contribution in [0.15, 0.2) is 47.2 Å². The standard InChI is InChI=1S/C21H18F3NO5/c1-10-11(2)20(30-19(10)28)29-9-15-14-7-12-5-3-4-6-13(12)17(14)25(18(15)27)16(26)8-21(22,23)24/h3-6,9,14,17,20H,7-8H2,1-2H3/b15-9+. The highest BCUT2D eigenvalue weighted by molar-refractivity contribution is 6.08. The van der Waals surface area contributed by atoms with Gasteiger partial charge in [0.15, 0.2) is 0 Å². The topological polar surface area (TPSA) is 72.9 Å². The van der Waals surface area contributed by atoms with E-state index < -0.39 is 48.6 Å². The maximum Gasteiger partial charge on any atom is 0.397 e. The number of benzene rings is 1. The molecule has 2 heterocycles. The molecule has 0 saturated carbocycles. The number of cyclic esters (lactones) is 1. The Bertz CT molecular complexity index is 1010. The molecule has 1 aliphatic carbocycles. The number of rotatable bonds is 3. The molecule has 1 saturated heterocycles. The minimum atomic E-state index is -4.73. The molecular formula is C21H18F3NO5. The number of nitrogens with zero attached hydrogens (tertiary/aromatic N) is 1. The molecule has 3 unspecified atom stereocenters. The van der Waals surface area contributed by atoms with Crippen molar-refractivity contribution in [2.75, 3.05) is 0 Å². The van der Waals surface area contributed by atoms with Crippen molar-refractivity contribution in [3.05, 3.63) is 58.4 Å². The molecular weight excluding hydrogens is 403 g/mol. The van der Waals surface area contributed by atoms with Crippen LogP contribution in [0.25, 0.3) is 0 Å². The van der Waals surface area contributed by atoms with Gasteiger partial charge in [0, 0.05) is 17.1 Å². The van der Waals surface area contributed by atoms with Gasteiger partial charge in [-0.1, -0.05) is 24.3 Å². The average Bonchev–Trinajstić information content (AvgIpc) is 3.23. The molecule has 2 amide bonds. The maximum atomic E-state index is 12.9. The second-order valence-electron chi connectivity index (χ2n) is 7.57. The van der Waals surface area contributed by atoms with Gasteiger partial charge in [-0.05, 0) is 31.4 Å². The zero-order valence-electron chi connectivity index (χ0n) is 16.2. The van der Waals surface area contributed by atoms with Crippen molar-refractivity contribution >= 4 is 17.8 Å². The Morgan fingerprint density at radius 3 is 2.60 bits per heavy atom. The summed E-state index contributed by atoms with van der Waals surface area (Å²) in [4.78, 5) is 37.7. The fourth-order valence-corrected chi connectivity index (χ4v) is 4.14. The van der Waals surface area contributed by atoms with Crippen molar-refractivity contribution in [1.82, 2.24) is 4.90 Å². The van der Waals surface area contributed by atoms with Gasteiger partial charge in [-0.15, -0.1) is 0 Å². The fraction of sp³-hybridized carbons (Fsp3) is 0.381. The van der Waals surface area contributed by atoms with Crippen LogP contribution in [0.2, 0.25) is 0 Å². The molecule has 3 aliphatic rings. The Hall–Kier alpha value is -3.10. The molecule has 0 N–H and O–H groups in total. The van der Waals surface area contributed by atoms with Crippen LogP contribution in [-0.4, -0.2) is 35.1 Å². The summed E-state index contributed by atoms with van der Waals surface area (Å²) >= 11 is 0. The smallest absolute Gasteiger partial charge is 0.397 e. The number of likely N-dealkylation sites (tertiary alicyclic amines) is 1. The van der Waals surface area contributed by atoms with Crippen LogP contribution in [-0.2, 0) is 30.3 Å². The normalized spacial score (nSPS) is 26.9. The van der Waals surface area contributed by atoms with Gasteiger partial charge in [0.05, 0.1) is 17.9 Å². The number of amides is 2. The van der Waals surface area contributed by atoms with Gasteiger partial charge in [-0.25, -0.2) is 4.79 Å². The van der Waals surface area contributed by atoms with Crippen LogP contribution in [0.4, 0.5) is 13.2 Å². The number of esters is 1. The summed E-state index contributed by atoms with van der Waals surface area (Å²) in [6.45, 7) is 3.23. The molecule has 1 fully saturated rings. The fourth-order valence-electron chi connectivity index (χ4n) is 4.14. The number of halogens is 3. The van der Waals surface area contributed by atoms with Gasteiger partial charge >= 0.3 is 12.1 Å². The Balaban J connectivity index is 1.67. The molecule has 0 aromatic heterocycles. The number of carbonyl (C=O) groups excluding carboxylic acids is 3. The Kier molecular flexibility index (Phi) is 4.71. The molecule has 4 rings (SSSR count). The Morgan fingerprint density at radius 2 is 1.97 bits per heavy atom. The van der Waals surface area contributed by atoms with Crippen LogP contribution < -0.4 is 0 Å². The van der Waals surface area contributed by atoms with Crippen molar-refractivity contribution < 1.29 is 37.0 Å². The molecule has 1 aromatic carbocycles. The summed E-state index contributed by atoms with van der Waals surface area (Å²) in [5.41, 5.74) is 2.52. The highest BCUT2D eigenvalue weighted by Crippen LogP contribution is 2.50. The van der Waals surface area contributed by atoms with E-state index in [1.165, 1.54) is 0 Å². The van der Waals surface area contributed by atoms with Gasteiger partial charge in [0.25, 0.3) is 12.2 Å². The summed E-state index contributed by atoms with van der Waals surface area (Å²) in [5.74, 6) is -3.20. The van der Waals surface area contributed by atoms with E-state index >= 15 is 0 Å². The Morgan fingerprint density at radius 1 is 1.27 bits per heavy atom. The van der Waals surface area contributed by atoms with E-state index in [1.54, 1.807) is 32.0 Å². The first kappa shape index (κ1) is 20.2. The molecule has 1 aromatic rings. The summed E-state index contributed by atoms with van der Waals surface area (Å²) in [6, 6.07) is 6.21. The first-order valence-corrected chi connectivity index (χ1v) is 9.33. The zero-order chi connectivity index (χ0) is 21.8. The third-order valence-electron chi connectivity index (χ3n) is 5.74. The summed E-state index contributed by atoms with van der Waals surface area (Å²) in [6.07, 6.45) is -5.96. The van der Waals surface area contributed by atoms with Crippen LogP contribution in [0.3, 0.4) is 0 Å². The second-order valence-corrected chi connectivity index (χ2v) is 7.57. The number of hydrogen-bond donors (Lipinski definition) is 0. The minimum Gasteiger partial charge on any atom is -0.458 e. The molecule has 30 heavy (non-hydrogen) atoms. The number of ether oxygens (including phenoxy) is 2. The number of fused-ring (bicyclic) bond motifs is 3. The van der Waals surface area contributed by atoms with Gasteiger partial charge in [0.2, 0.25) is 5.91 Å². The lowest BCUT2D eigenvalue weighted by Gasteiger charge is -2.23. The lowest BCUT2D eigenvalue weighted by atomic mass is 9.97. The maximum absolute atomic E-state index is 12.9. The van der Waals surface area contributed by atoms with E-state index in [0.29, 0.717) is 28.0 Å². The first-order valence-electron chi connectivity index (χ1n) is 9.33. The summed E-state index contributed by atoms with van der Waals surface area (Å²) < 4.78 is 49.1. The Labute approximate surface area is 169 Å². The number of alkyl halides is 3. The predicted octanol–water partition coefficient (Wildman–Crippen LogP) is 3.34. The third-order valence-corrected chi connectivity index (χ3v) is 5.74. The predicted molar refractivity (Wildman–Crippen MR) is 96.3 cm³/mol. The van der Waals surface area contributed by atoms with Crippen molar-refractivity contribution in [3.8, 4) is 0 Å². The number of carbonyl (C=O) groups is 3. The first-order chi connectivity index (χ1) is 14.1. The number of hydrogen-bond acceptors (Lipinski definition) is 5. The molecule has 0 spiro atoms. The van der Waals surface area contributed by atoms with Crippen molar-refractivity contribution in [2.45, 2.75) is 45.2 Å². The van der Waals surface area contributed by atoms with Gasteiger partial charge in [0.1, 0.15) is 6.42 Å². The second kappa shape index (κ2) is 7.00. The van der Waals surface area contributed by atoms with Crippen LogP contribution in [0, 0.1) is 5.92 Å². The highest BCUT2D eigenvalue weighted by Gasteiger charge is 2.53. The minimum absolute atomic E-state index is 0.0835. The molecule has 0 radical (unpaired) electrons. The average molecular weight is 421 g/mol. The van der Waals surface area contributed by atoms with Gasteiger partial charge in [-0.2, -0.15) is 13.2 Å². The van der Waals surface area contributed by atoms with E-state index in [1.807, 2.05) is 6.07 Å². The SMILES string of the molecule is CC1=C(C)C(O/C=C2/C(=O)N(C(=O)CC(F)(F)F)C3c4ccccc4CC23)OC1=O. The largest absolute Gasteiger partial charge is 0.458 e. The van der Waals surface area contributed by atoms with E-state index in [-0.39, 0.29) is 5.57 Å². The lowest BCUT2D eigenvalue weighted by Crippen LogP contribution is -2.37. The molecule has 0 bridgehead atoms. The lowest BCUT2D eigenvalue weighted by molar-refractivity contribution is -0.164. The monoisotopic (exact) mass is 421 g/mol. The molecule has 9 heteroatoms.